The molecule has 0 radical (unpaired) electrons. The lowest BCUT2D eigenvalue weighted by Crippen LogP contribution is -2.32. The number of carbonyl (C=O) groups is 1. The average molecular weight is 320 g/mol. The second kappa shape index (κ2) is 6.59. The van der Waals surface area contributed by atoms with Crippen LogP contribution in [0.25, 0.3) is 0 Å². The highest BCUT2D eigenvalue weighted by Crippen LogP contribution is 2.32. The molecule has 1 heterocycles. The van der Waals surface area contributed by atoms with E-state index in [1.807, 2.05) is 6.92 Å². The van der Waals surface area contributed by atoms with Crippen LogP contribution in [0.4, 0.5) is 4.39 Å². The molecule has 0 unspecified atom stereocenters. The minimum atomic E-state index is -1.26. The summed E-state index contributed by atoms with van der Waals surface area (Å²) in [4.78, 5) is 11.3. The topological polar surface area (TPSA) is 55.8 Å². The van der Waals surface area contributed by atoms with E-state index < -0.39 is 23.5 Å². The van der Waals surface area contributed by atoms with Crippen molar-refractivity contribution in [1.82, 2.24) is 0 Å². The summed E-state index contributed by atoms with van der Waals surface area (Å²) >= 11 is 0. The molecule has 1 atom stereocenters. The number of hydrogen-bond acceptors (Lipinski definition) is 3. The third-order valence-electron chi connectivity index (χ3n) is 3.47. The highest BCUT2D eigenvalue weighted by molar-refractivity contribution is 5.76. The van der Waals surface area contributed by atoms with Crippen molar-refractivity contribution in [3.8, 4) is 17.6 Å². The van der Waals surface area contributed by atoms with Gasteiger partial charge in [0.05, 0.1) is 12.2 Å². The zero-order valence-electron chi connectivity index (χ0n) is 13.8. The third kappa shape index (κ3) is 4.23. The van der Waals surface area contributed by atoms with Crippen molar-refractivity contribution < 1.29 is 23.8 Å². The van der Waals surface area contributed by atoms with Gasteiger partial charge in [-0.15, -0.1) is 0 Å². The second-order valence-electron chi connectivity index (χ2n) is 6.51. The van der Waals surface area contributed by atoms with Gasteiger partial charge in [0.1, 0.15) is 0 Å². The molecule has 1 N–H and O–H groups in total. The molecule has 0 aromatic heterocycles. The average Bonchev–Trinajstić information content (AvgIpc) is 2.46. The number of benzene rings is 1. The van der Waals surface area contributed by atoms with Gasteiger partial charge in [0, 0.05) is 11.1 Å². The lowest BCUT2D eigenvalue weighted by Gasteiger charge is -2.22. The van der Waals surface area contributed by atoms with Gasteiger partial charge >= 0.3 is 5.97 Å². The Balaban J connectivity index is 2.37. The standard InChI is InChI=1S/C18H21FO4/c1-11-12(7-8-15(17(20)21)23-18(2,3)4)10-14(19)16-13(11)6-5-9-22-16/h10,15H,5-6,9H2,1-4H3,(H,20,21)/t15-/m0/s1. The van der Waals surface area contributed by atoms with Crippen molar-refractivity contribution in [3.05, 3.63) is 28.6 Å². The molecule has 4 nitrogen and oxygen atoms in total. The Morgan fingerprint density at radius 1 is 1.48 bits per heavy atom. The molecule has 124 valence electrons. The van der Waals surface area contributed by atoms with Gasteiger partial charge in [0.2, 0.25) is 6.10 Å². The van der Waals surface area contributed by atoms with E-state index >= 15 is 0 Å². The molecule has 0 amide bonds. The van der Waals surface area contributed by atoms with E-state index in [1.165, 1.54) is 6.07 Å². The summed E-state index contributed by atoms with van der Waals surface area (Å²) in [6, 6.07) is 1.29. The fourth-order valence-corrected chi connectivity index (χ4v) is 2.43. The van der Waals surface area contributed by atoms with E-state index in [4.69, 9.17) is 9.47 Å². The van der Waals surface area contributed by atoms with Crippen LogP contribution in [-0.2, 0) is 16.0 Å². The Kier molecular flexibility index (Phi) is 4.96. The second-order valence-corrected chi connectivity index (χ2v) is 6.51. The Hall–Kier alpha value is -2.06. The van der Waals surface area contributed by atoms with Gasteiger partial charge in [-0.25, -0.2) is 9.18 Å². The molecule has 2 rings (SSSR count). The van der Waals surface area contributed by atoms with Gasteiger partial charge in [-0.1, -0.05) is 11.8 Å². The molecule has 23 heavy (non-hydrogen) atoms. The molecule has 1 aromatic rings. The number of halogens is 1. The maximum atomic E-state index is 14.1. The summed E-state index contributed by atoms with van der Waals surface area (Å²) in [5.74, 6) is 4.02. The van der Waals surface area contributed by atoms with Crippen molar-refractivity contribution in [3.63, 3.8) is 0 Å². The number of rotatable bonds is 2. The van der Waals surface area contributed by atoms with Crippen LogP contribution in [0.3, 0.4) is 0 Å². The normalized spacial score (nSPS) is 15.0. The van der Waals surface area contributed by atoms with Crippen LogP contribution < -0.4 is 4.74 Å². The van der Waals surface area contributed by atoms with Crippen LogP contribution in [0.15, 0.2) is 6.07 Å². The summed E-state index contributed by atoms with van der Waals surface area (Å²) in [6.07, 6.45) is 0.300. The number of fused-ring (bicyclic) bond motifs is 1. The number of carboxylic acid groups (broad SMARTS) is 1. The van der Waals surface area contributed by atoms with Crippen molar-refractivity contribution in [2.75, 3.05) is 6.61 Å². The van der Waals surface area contributed by atoms with Crippen LogP contribution in [0.1, 0.15) is 43.9 Å². The summed E-state index contributed by atoms with van der Waals surface area (Å²) in [6.45, 7) is 7.62. The summed E-state index contributed by atoms with van der Waals surface area (Å²) in [5, 5.41) is 9.21. The maximum Gasteiger partial charge on any atom is 0.345 e. The highest BCUT2D eigenvalue weighted by atomic mass is 19.1. The van der Waals surface area contributed by atoms with Gasteiger partial charge < -0.3 is 14.6 Å². The van der Waals surface area contributed by atoms with Gasteiger partial charge in [-0.3, -0.25) is 0 Å². The van der Waals surface area contributed by atoms with Crippen molar-refractivity contribution in [2.24, 2.45) is 0 Å². The van der Waals surface area contributed by atoms with E-state index in [9.17, 15) is 14.3 Å². The Labute approximate surface area is 135 Å². The molecular weight excluding hydrogens is 299 g/mol. The smallest absolute Gasteiger partial charge is 0.345 e. The van der Waals surface area contributed by atoms with Crippen LogP contribution in [0.5, 0.6) is 5.75 Å². The largest absolute Gasteiger partial charge is 0.490 e. The van der Waals surface area contributed by atoms with Crippen LogP contribution in [-0.4, -0.2) is 29.4 Å². The first-order chi connectivity index (χ1) is 10.7. The molecule has 0 aliphatic carbocycles. The SMILES string of the molecule is Cc1c(C#C[C@H](OC(C)(C)C)C(=O)O)cc(F)c2c1CCCO2. The molecule has 0 saturated carbocycles. The molecular formula is C18H21FO4. The molecule has 5 heteroatoms. The maximum absolute atomic E-state index is 14.1. The quantitative estimate of drug-likeness (QED) is 0.851. The van der Waals surface area contributed by atoms with E-state index in [2.05, 4.69) is 11.8 Å². The van der Waals surface area contributed by atoms with Crippen LogP contribution >= 0.6 is 0 Å². The van der Waals surface area contributed by atoms with Gasteiger partial charge in [-0.2, -0.15) is 0 Å². The molecule has 1 aromatic carbocycles. The number of ether oxygens (including phenoxy) is 2. The summed E-state index contributed by atoms with van der Waals surface area (Å²) < 4.78 is 24.9. The fourth-order valence-electron chi connectivity index (χ4n) is 2.43. The summed E-state index contributed by atoms with van der Waals surface area (Å²) in [5.41, 5.74) is 1.47. The molecule has 0 bridgehead atoms. The first-order valence-electron chi connectivity index (χ1n) is 7.56. The Morgan fingerprint density at radius 3 is 2.78 bits per heavy atom. The number of carboxylic acids is 1. The number of hydrogen-bond donors (Lipinski definition) is 1. The van der Waals surface area contributed by atoms with E-state index in [0.29, 0.717) is 17.9 Å². The monoisotopic (exact) mass is 320 g/mol. The molecule has 1 aliphatic rings. The van der Waals surface area contributed by atoms with Gasteiger partial charge in [0.15, 0.2) is 11.6 Å². The zero-order valence-corrected chi connectivity index (χ0v) is 13.8. The third-order valence-corrected chi connectivity index (χ3v) is 3.47. The predicted octanol–water partition coefficient (Wildman–Crippen LogP) is 3.08. The van der Waals surface area contributed by atoms with Gasteiger partial charge in [0.25, 0.3) is 0 Å². The molecule has 1 aliphatic heterocycles. The fraction of sp³-hybridized carbons (Fsp3) is 0.500. The van der Waals surface area contributed by atoms with Crippen molar-refractivity contribution in [1.29, 1.82) is 0 Å². The number of aliphatic carboxylic acids is 1. The van der Waals surface area contributed by atoms with E-state index in [0.717, 1.165) is 24.0 Å². The first kappa shape index (κ1) is 17.3. The Morgan fingerprint density at radius 2 is 2.17 bits per heavy atom. The molecule has 0 spiro atoms. The molecule has 0 fully saturated rings. The zero-order chi connectivity index (χ0) is 17.2. The van der Waals surface area contributed by atoms with Crippen LogP contribution in [0, 0.1) is 24.6 Å². The van der Waals surface area contributed by atoms with E-state index in [-0.39, 0.29) is 0 Å². The van der Waals surface area contributed by atoms with Crippen molar-refractivity contribution >= 4 is 5.97 Å². The first-order valence-corrected chi connectivity index (χ1v) is 7.56. The minimum absolute atomic E-state index is 0.292. The molecule has 0 saturated heterocycles. The van der Waals surface area contributed by atoms with E-state index in [1.54, 1.807) is 20.8 Å². The highest BCUT2D eigenvalue weighted by Gasteiger charge is 2.23. The minimum Gasteiger partial charge on any atom is -0.490 e. The lowest BCUT2D eigenvalue weighted by atomic mass is 9.96. The van der Waals surface area contributed by atoms with Crippen LogP contribution in [0.2, 0.25) is 0 Å². The predicted molar refractivity (Wildman–Crippen MR) is 84.1 cm³/mol. The van der Waals surface area contributed by atoms with Crippen molar-refractivity contribution in [2.45, 2.75) is 52.2 Å². The summed E-state index contributed by atoms with van der Waals surface area (Å²) in [7, 11) is 0. The van der Waals surface area contributed by atoms with Gasteiger partial charge in [-0.05, 0) is 52.2 Å². The lowest BCUT2D eigenvalue weighted by molar-refractivity contribution is -0.153. The Bertz CT molecular complexity index is 677.